The molecule has 1 aromatic rings. The Hall–Kier alpha value is -2.57. The fraction of sp³-hybridized carbons (Fsp3) is 0.308. The van der Waals surface area contributed by atoms with Crippen LogP contribution in [0.4, 0.5) is 10.5 Å². The fourth-order valence-corrected chi connectivity index (χ4v) is 1.86. The minimum Gasteiger partial charge on any atom is -0.465 e. The smallest absolute Gasteiger partial charge is 0.337 e. The second-order valence-corrected chi connectivity index (χ2v) is 4.30. The third-order valence-electron chi connectivity index (χ3n) is 2.92. The number of urea groups is 1. The van der Waals surface area contributed by atoms with Gasteiger partial charge in [-0.2, -0.15) is 0 Å². The number of benzene rings is 1. The van der Waals surface area contributed by atoms with Crippen LogP contribution in [0.5, 0.6) is 0 Å². The number of carbonyl (C=O) groups excluding carboxylic acids is 3. The predicted molar refractivity (Wildman–Crippen MR) is 71.4 cm³/mol. The maximum absolute atomic E-state index is 11.7. The fourth-order valence-electron chi connectivity index (χ4n) is 1.86. The minimum absolute atomic E-state index is 0.179. The largest absolute Gasteiger partial charge is 0.465 e. The van der Waals surface area contributed by atoms with Gasteiger partial charge in [-0.3, -0.25) is 4.79 Å². The molecule has 1 unspecified atom stereocenters. The molecular weight excluding hydrogens is 262 g/mol. The van der Waals surface area contributed by atoms with Gasteiger partial charge < -0.3 is 20.7 Å². The second-order valence-electron chi connectivity index (χ2n) is 4.30. The normalized spacial score (nSPS) is 17.2. The van der Waals surface area contributed by atoms with E-state index in [-0.39, 0.29) is 5.91 Å². The van der Waals surface area contributed by atoms with E-state index >= 15 is 0 Å². The summed E-state index contributed by atoms with van der Waals surface area (Å²) in [5, 5.41) is 7.80. The number of ether oxygens (including phenoxy) is 1. The highest BCUT2D eigenvalue weighted by molar-refractivity contribution is 5.95. The molecule has 0 aliphatic carbocycles. The molecule has 20 heavy (non-hydrogen) atoms. The van der Waals surface area contributed by atoms with Gasteiger partial charge in [-0.25, -0.2) is 9.59 Å². The Bertz CT molecular complexity index is 527. The van der Waals surface area contributed by atoms with Crippen LogP contribution in [0.15, 0.2) is 24.3 Å². The molecule has 3 amide bonds. The van der Waals surface area contributed by atoms with Crippen molar-refractivity contribution in [2.45, 2.75) is 12.5 Å². The standard InChI is InChI=1S/C13H15N3O4/c1-20-12(18)8-2-4-9(5-3-8)15-13(19)16-10-6-7-14-11(10)17/h2-5,10H,6-7H2,1H3,(H,14,17)(H2,15,16,19). The first kappa shape index (κ1) is 13.9. The number of nitrogens with one attached hydrogen (secondary N) is 3. The first-order valence-electron chi connectivity index (χ1n) is 6.14. The Balaban J connectivity index is 1.91. The summed E-state index contributed by atoms with van der Waals surface area (Å²) in [4.78, 5) is 34.3. The summed E-state index contributed by atoms with van der Waals surface area (Å²) in [6, 6.07) is 5.30. The molecular formula is C13H15N3O4. The zero-order valence-electron chi connectivity index (χ0n) is 10.9. The second kappa shape index (κ2) is 6.05. The number of carbonyl (C=O) groups is 3. The van der Waals surface area contributed by atoms with Gasteiger partial charge in [0.15, 0.2) is 0 Å². The summed E-state index contributed by atoms with van der Waals surface area (Å²) >= 11 is 0. The van der Waals surface area contributed by atoms with Crippen molar-refractivity contribution in [1.29, 1.82) is 0 Å². The Morgan fingerprint density at radius 3 is 2.55 bits per heavy atom. The summed E-state index contributed by atoms with van der Waals surface area (Å²) in [5.41, 5.74) is 0.919. The van der Waals surface area contributed by atoms with Gasteiger partial charge in [-0.1, -0.05) is 0 Å². The number of hydrogen-bond donors (Lipinski definition) is 3. The SMILES string of the molecule is COC(=O)c1ccc(NC(=O)NC2CCNC2=O)cc1. The van der Waals surface area contributed by atoms with E-state index in [0.717, 1.165) is 0 Å². The molecule has 0 spiro atoms. The molecule has 0 bridgehead atoms. The van der Waals surface area contributed by atoms with E-state index in [9.17, 15) is 14.4 Å². The van der Waals surface area contributed by atoms with Crippen molar-refractivity contribution in [3.63, 3.8) is 0 Å². The zero-order valence-corrected chi connectivity index (χ0v) is 10.9. The molecule has 0 saturated carbocycles. The molecule has 1 fully saturated rings. The molecule has 7 nitrogen and oxygen atoms in total. The number of anilines is 1. The van der Waals surface area contributed by atoms with Crippen LogP contribution in [0.2, 0.25) is 0 Å². The minimum atomic E-state index is -0.496. The Labute approximate surface area is 115 Å². The lowest BCUT2D eigenvalue weighted by atomic mass is 10.2. The molecule has 1 saturated heterocycles. The van der Waals surface area contributed by atoms with Crippen molar-refractivity contribution in [3.8, 4) is 0 Å². The zero-order chi connectivity index (χ0) is 14.5. The van der Waals surface area contributed by atoms with Gasteiger partial charge in [0.25, 0.3) is 0 Å². The van der Waals surface area contributed by atoms with Crippen LogP contribution in [0.25, 0.3) is 0 Å². The van der Waals surface area contributed by atoms with E-state index in [4.69, 9.17) is 0 Å². The molecule has 1 aromatic carbocycles. The van der Waals surface area contributed by atoms with Crippen LogP contribution in [-0.2, 0) is 9.53 Å². The summed E-state index contributed by atoms with van der Waals surface area (Å²) in [6.45, 7) is 0.567. The molecule has 7 heteroatoms. The molecule has 0 radical (unpaired) electrons. The van der Waals surface area contributed by atoms with E-state index in [1.165, 1.54) is 7.11 Å². The first-order chi connectivity index (χ1) is 9.60. The van der Waals surface area contributed by atoms with E-state index in [1.807, 2.05) is 0 Å². The third kappa shape index (κ3) is 3.25. The number of methoxy groups -OCH3 is 1. The van der Waals surface area contributed by atoms with Gasteiger partial charge >= 0.3 is 12.0 Å². The summed E-state index contributed by atoms with van der Waals surface area (Å²) in [6.07, 6.45) is 0.577. The molecule has 3 N–H and O–H groups in total. The number of hydrogen-bond acceptors (Lipinski definition) is 4. The highest BCUT2D eigenvalue weighted by atomic mass is 16.5. The van der Waals surface area contributed by atoms with E-state index in [1.54, 1.807) is 24.3 Å². The van der Waals surface area contributed by atoms with Crippen molar-refractivity contribution >= 4 is 23.6 Å². The molecule has 0 aromatic heterocycles. The Morgan fingerprint density at radius 2 is 2.00 bits per heavy atom. The summed E-state index contributed by atoms with van der Waals surface area (Å²) in [5.74, 6) is -0.621. The highest BCUT2D eigenvalue weighted by Crippen LogP contribution is 2.10. The van der Waals surface area contributed by atoms with Crippen LogP contribution >= 0.6 is 0 Å². The third-order valence-corrected chi connectivity index (χ3v) is 2.92. The first-order valence-corrected chi connectivity index (χ1v) is 6.14. The van der Waals surface area contributed by atoms with Gasteiger partial charge in [-0.05, 0) is 30.7 Å². The quantitative estimate of drug-likeness (QED) is 0.700. The lowest BCUT2D eigenvalue weighted by Crippen LogP contribution is -2.42. The van der Waals surface area contributed by atoms with Crippen molar-refractivity contribution in [2.75, 3.05) is 19.0 Å². The van der Waals surface area contributed by atoms with Crippen molar-refractivity contribution in [3.05, 3.63) is 29.8 Å². The molecule has 1 aliphatic heterocycles. The molecule has 1 heterocycles. The van der Waals surface area contributed by atoms with E-state index in [2.05, 4.69) is 20.7 Å². The predicted octanol–water partition coefficient (Wildman–Crippen LogP) is 0.483. The lowest BCUT2D eigenvalue weighted by Gasteiger charge is -2.11. The van der Waals surface area contributed by atoms with Crippen molar-refractivity contribution in [2.24, 2.45) is 0 Å². The van der Waals surface area contributed by atoms with Crippen LogP contribution in [0, 0.1) is 0 Å². The van der Waals surface area contributed by atoms with Crippen LogP contribution in [0.3, 0.4) is 0 Å². The van der Waals surface area contributed by atoms with Crippen molar-refractivity contribution < 1.29 is 19.1 Å². The average Bonchev–Trinajstić information content (AvgIpc) is 2.84. The molecule has 1 atom stereocenters. The Morgan fingerprint density at radius 1 is 1.30 bits per heavy atom. The molecule has 1 aliphatic rings. The number of amides is 3. The monoisotopic (exact) mass is 277 g/mol. The van der Waals surface area contributed by atoms with Gasteiger partial charge in [0.05, 0.1) is 12.7 Å². The lowest BCUT2D eigenvalue weighted by molar-refractivity contribution is -0.120. The van der Waals surface area contributed by atoms with E-state index in [0.29, 0.717) is 24.2 Å². The van der Waals surface area contributed by atoms with Gasteiger partial charge in [0.2, 0.25) is 5.91 Å². The average molecular weight is 277 g/mol. The van der Waals surface area contributed by atoms with Gasteiger partial charge in [0, 0.05) is 12.2 Å². The van der Waals surface area contributed by atoms with Crippen LogP contribution < -0.4 is 16.0 Å². The highest BCUT2D eigenvalue weighted by Gasteiger charge is 2.25. The number of rotatable bonds is 3. The van der Waals surface area contributed by atoms with Crippen molar-refractivity contribution in [1.82, 2.24) is 10.6 Å². The maximum Gasteiger partial charge on any atom is 0.337 e. The topological polar surface area (TPSA) is 96.5 Å². The van der Waals surface area contributed by atoms with Gasteiger partial charge in [-0.15, -0.1) is 0 Å². The summed E-state index contributed by atoms with van der Waals surface area (Å²) < 4.78 is 4.57. The Kier molecular flexibility index (Phi) is 4.19. The number of esters is 1. The maximum atomic E-state index is 11.7. The van der Waals surface area contributed by atoms with Gasteiger partial charge in [0.1, 0.15) is 6.04 Å². The van der Waals surface area contributed by atoms with Crippen LogP contribution in [0.1, 0.15) is 16.8 Å². The molecule has 2 rings (SSSR count). The van der Waals surface area contributed by atoms with Crippen LogP contribution in [-0.4, -0.2) is 37.6 Å². The molecule has 106 valence electrons. The summed E-state index contributed by atoms with van der Waals surface area (Å²) in [7, 11) is 1.30. The van der Waals surface area contributed by atoms with E-state index < -0.39 is 18.0 Å².